The summed E-state index contributed by atoms with van der Waals surface area (Å²) in [6.07, 6.45) is 4.40. The Morgan fingerprint density at radius 2 is 1.57 bits per heavy atom. The van der Waals surface area contributed by atoms with Crippen molar-refractivity contribution in [1.82, 2.24) is 10.2 Å². The normalized spacial score (nSPS) is 14.8. The maximum Gasteiger partial charge on any atom is 0.251 e. The van der Waals surface area contributed by atoms with Crippen LogP contribution in [0.4, 0.5) is 0 Å². The van der Waals surface area contributed by atoms with Crippen LogP contribution in [0.2, 0.25) is 0 Å². The zero-order chi connectivity index (χ0) is 16.7. The lowest BCUT2D eigenvalue weighted by molar-refractivity contribution is -0.130. The molecule has 1 N–H and O–H groups in total. The first-order valence-electron chi connectivity index (χ1n) is 7.93. The highest BCUT2D eigenvalue weighted by atomic mass is 16.5. The Morgan fingerprint density at radius 3 is 2.09 bits per heavy atom. The summed E-state index contributed by atoms with van der Waals surface area (Å²) in [5.74, 6) is 0.724. The van der Waals surface area contributed by atoms with Gasteiger partial charge in [-0.2, -0.15) is 0 Å². The number of nitrogens with one attached hydrogen (secondary N) is 1. The molecule has 6 nitrogen and oxygen atoms in total. The van der Waals surface area contributed by atoms with Crippen molar-refractivity contribution in [2.24, 2.45) is 0 Å². The zero-order valence-corrected chi connectivity index (χ0v) is 13.8. The summed E-state index contributed by atoms with van der Waals surface area (Å²) < 4.78 is 10.3. The molecule has 0 atom stereocenters. The number of benzene rings is 1. The van der Waals surface area contributed by atoms with Gasteiger partial charge in [0.05, 0.1) is 20.8 Å². The van der Waals surface area contributed by atoms with E-state index in [0.717, 1.165) is 25.9 Å². The van der Waals surface area contributed by atoms with Crippen molar-refractivity contribution >= 4 is 11.8 Å². The van der Waals surface area contributed by atoms with Crippen molar-refractivity contribution in [3.05, 3.63) is 23.8 Å². The van der Waals surface area contributed by atoms with Crippen LogP contribution in [-0.4, -0.2) is 50.6 Å². The Morgan fingerprint density at radius 1 is 1.00 bits per heavy atom. The van der Waals surface area contributed by atoms with Gasteiger partial charge in [-0.15, -0.1) is 0 Å². The maximum absolute atomic E-state index is 12.2. The van der Waals surface area contributed by atoms with Crippen LogP contribution >= 0.6 is 0 Å². The summed E-state index contributed by atoms with van der Waals surface area (Å²) in [5, 5.41) is 2.68. The molecule has 1 aliphatic rings. The number of carbonyl (C=O) groups excluding carboxylic acids is 2. The number of hydrogen-bond donors (Lipinski definition) is 1. The van der Waals surface area contributed by atoms with Gasteiger partial charge < -0.3 is 19.7 Å². The molecule has 0 spiro atoms. The molecule has 1 saturated heterocycles. The molecule has 1 fully saturated rings. The monoisotopic (exact) mass is 320 g/mol. The average Bonchev–Trinajstić information content (AvgIpc) is 2.88. The summed E-state index contributed by atoms with van der Waals surface area (Å²) in [6.45, 7) is 1.57. The first kappa shape index (κ1) is 17.1. The van der Waals surface area contributed by atoms with Crippen molar-refractivity contribution in [2.75, 3.05) is 33.9 Å². The van der Waals surface area contributed by atoms with E-state index in [0.29, 0.717) is 17.1 Å². The molecular weight excluding hydrogens is 296 g/mol. The van der Waals surface area contributed by atoms with E-state index in [-0.39, 0.29) is 18.4 Å². The van der Waals surface area contributed by atoms with Gasteiger partial charge in [-0.3, -0.25) is 9.59 Å². The van der Waals surface area contributed by atoms with Crippen LogP contribution in [0, 0.1) is 0 Å². The summed E-state index contributed by atoms with van der Waals surface area (Å²) in [7, 11) is 3.05. The van der Waals surface area contributed by atoms with E-state index in [1.165, 1.54) is 27.1 Å². The fourth-order valence-electron chi connectivity index (χ4n) is 2.63. The third-order valence-electron chi connectivity index (χ3n) is 3.97. The summed E-state index contributed by atoms with van der Waals surface area (Å²) >= 11 is 0. The highest BCUT2D eigenvalue weighted by molar-refractivity contribution is 5.97. The SMILES string of the molecule is COc1cc(OC)cc(C(=O)NCC(=O)N2CCCCCC2)c1. The van der Waals surface area contributed by atoms with Crippen molar-refractivity contribution in [2.45, 2.75) is 25.7 Å². The van der Waals surface area contributed by atoms with Gasteiger partial charge in [0.25, 0.3) is 5.91 Å². The first-order chi connectivity index (χ1) is 11.1. The molecular formula is C17H24N2O4. The minimum Gasteiger partial charge on any atom is -0.497 e. The number of carbonyl (C=O) groups is 2. The van der Waals surface area contributed by atoms with E-state index in [1.54, 1.807) is 18.2 Å². The van der Waals surface area contributed by atoms with Gasteiger partial charge in [0.1, 0.15) is 11.5 Å². The van der Waals surface area contributed by atoms with Gasteiger partial charge in [0.15, 0.2) is 0 Å². The Hall–Kier alpha value is -2.24. The number of likely N-dealkylation sites (tertiary alicyclic amines) is 1. The van der Waals surface area contributed by atoms with Crippen LogP contribution in [0.15, 0.2) is 18.2 Å². The van der Waals surface area contributed by atoms with E-state index >= 15 is 0 Å². The van der Waals surface area contributed by atoms with Crippen molar-refractivity contribution in [3.63, 3.8) is 0 Å². The average molecular weight is 320 g/mol. The van der Waals surface area contributed by atoms with Crippen molar-refractivity contribution in [3.8, 4) is 11.5 Å². The topological polar surface area (TPSA) is 67.9 Å². The molecule has 2 amide bonds. The Balaban J connectivity index is 1.94. The van der Waals surface area contributed by atoms with Gasteiger partial charge in [0, 0.05) is 24.7 Å². The van der Waals surface area contributed by atoms with E-state index in [2.05, 4.69) is 5.32 Å². The Kier molecular flexibility index (Phi) is 6.26. The lowest BCUT2D eigenvalue weighted by atomic mass is 10.2. The summed E-state index contributed by atoms with van der Waals surface area (Å²) in [6, 6.07) is 4.93. The second-order valence-corrected chi connectivity index (χ2v) is 5.58. The van der Waals surface area contributed by atoms with Crippen LogP contribution in [-0.2, 0) is 4.79 Å². The van der Waals surface area contributed by atoms with Gasteiger partial charge in [0.2, 0.25) is 5.91 Å². The number of hydrogen-bond acceptors (Lipinski definition) is 4. The summed E-state index contributed by atoms with van der Waals surface area (Å²) in [4.78, 5) is 26.3. The van der Waals surface area contributed by atoms with Crippen molar-refractivity contribution in [1.29, 1.82) is 0 Å². The fraction of sp³-hybridized carbons (Fsp3) is 0.529. The van der Waals surface area contributed by atoms with Crippen LogP contribution in [0.25, 0.3) is 0 Å². The van der Waals surface area contributed by atoms with E-state index in [4.69, 9.17) is 9.47 Å². The van der Waals surface area contributed by atoms with Gasteiger partial charge in [-0.25, -0.2) is 0 Å². The third kappa shape index (κ3) is 4.87. The van der Waals surface area contributed by atoms with Crippen LogP contribution in [0.5, 0.6) is 11.5 Å². The fourth-order valence-corrected chi connectivity index (χ4v) is 2.63. The minimum absolute atomic E-state index is 0.0123. The predicted molar refractivity (Wildman–Crippen MR) is 86.9 cm³/mol. The second kappa shape index (κ2) is 8.41. The second-order valence-electron chi connectivity index (χ2n) is 5.58. The number of ether oxygens (including phenoxy) is 2. The molecule has 1 aromatic rings. The molecule has 1 aliphatic heterocycles. The molecule has 0 radical (unpaired) electrons. The molecule has 0 aromatic heterocycles. The smallest absolute Gasteiger partial charge is 0.251 e. The molecule has 0 unspecified atom stereocenters. The molecule has 2 rings (SSSR count). The van der Waals surface area contributed by atoms with Gasteiger partial charge in [-0.1, -0.05) is 12.8 Å². The highest BCUT2D eigenvalue weighted by Gasteiger charge is 2.17. The minimum atomic E-state index is -0.314. The van der Waals surface area contributed by atoms with Crippen LogP contribution in [0.3, 0.4) is 0 Å². The number of rotatable bonds is 5. The zero-order valence-electron chi connectivity index (χ0n) is 13.8. The number of amides is 2. The van der Waals surface area contributed by atoms with E-state index < -0.39 is 0 Å². The van der Waals surface area contributed by atoms with Crippen LogP contribution < -0.4 is 14.8 Å². The van der Waals surface area contributed by atoms with Crippen molar-refractivity contribution < 1.29 is 19.1 Å². The number of nitrogens with zero attached hydrogens (tertiary/aromatic N) is 1. The molecule has 1 aromatic carbocycles. The maximum atomic E-state index is 12.2. The highest BCUT2D eigenvalue weighted by Crippen LogP contribution is 2.22. The van der Waals surface area contributed by atoms with Crippen LogP contribution in [0.1, 0.15) is 36.0 Å². The lowest BCUT2D eigenvalue weighted by Crippen LogP contribution is -2.40. The standard InChI is InChI=1S/C17H24N2O4/c1-22-14-9-13(10-15(11-14)23-2)17(21)18-12-16(20)19-7-5-3-4-6-8-19/h9-11H,3-8,12H2,1-2H3,(H,18,21). The molecule has 1 heterocycles. The molecule has 6 heteroatoms. The Bertz CT molecular complexity index is 529. The quantitative estimate of drug-likeness (QED) is 0.899. The molecule has 126 valence electrons. The van der Waals surface area contributed by atoms with Gasteiger partial charge in [-0.05, 0) is 25.0 Å². The third-order valence-corrected chi connectivity index (χ3v) is 3.97. The van der Waals surface area contributed by atoms with E-state index in [9.17, 15) is 9.59 Å². The largest absolute Gasteiger partial charge is 0.497 e. The molecule has 0 saturated carbocycles. The molecule has 23 heavy (non-hydrogen) atoms. The predicted octanol–water partition coefficient (Wildman–Crippen LogP) is 1.84. The Labute approximate surface area is 136 Å². The van der Waals surface area contributed by atoms with Gasteiger partial charge >= 0.3 is 0 Å². The molecule has 0 bridgehead atoms. The van der Waals surface area contributed by atoms with E-state index in [1.807, 2.05) is 4.90 Å². The summed E-state index contributed by atoms with van der Waals surface area (Å²) in [5.41, 5.74) is 0.407. The number of methoxy groups -OCH3 is 2. The molecule has 0 aliphatic carbocycles. The first-order valence-corrected chi connectivity index (χ1v) is 7.93. The lowest BCUT2D eigenvalue weighted by Gasteiger charge is -2.20.